The molecule has 0 aliphatic carbocycles. The summed E-state index contributed by atoms with van der Waals surface area (Å²) in [5, 5.41) is 27.1. The van der Waals surface area contributed by atoms with Crippen molar-refractivity contribution in [3.8, 4) is 11.5 Å². The Bertz CT molecular complexity index is 1140. The number of aromatic amines is 1. The molecule has 0 unspecified atom stereocenters. The third-order valence-corrected chi connectivity index (χ3v) is 5.71. The van der Waals surface area contributed by atoms with Gasteiger partial charge in [0.05, 0.1) is 11.8 Å². The lowest BCUT2D eigenvalue weighted by Gasteiger charge is -2.41. The molecule has 0 aliphatic rings. The van der Waals surface area contributed by atoms with E-state index < -0.39 is 35.3 Å². The quantitative estimate of drug-likeness (QED) is 0.344. The number of anilines is 1. The number of carbonyl (C=O) groups is 3. The van der Waals surface area contributed by atoms with E-state index in [1.165, 1.54) is 12.3 Å². The Hall–Kier alpha value is -4.09. The van der Waals surface area contributed by atoms with E-state index in [9.17, 15) is 19.5 Å². The molecule has 0 spiro atoms. The zero-order valence-electron chi connectivity index (χ0n) is 20.1. The number of nitrogens with one attached hydrogen (secondary N) is 2. The average molecular weight is 484 g/mol. The maximum Gasteiger partial charge on any atom is 0.408 e. The molecule has 3 rings (SSSR count). The van der Waals surface area contributed by atoms with Gasteiger partial charge in [-0.15, -0.1) is 10.2 Å². The Kier molecular flexibility index (Phi) is 7.94. The zero-order chi connectivity index (χ0) is 25.6. The second-order valence-electron chi connectivity index (χ2n) is 8.73. The highest BCUT2D eigenvalue weighted by Crippen LogP contribution is 2.37. The SMILES string of the molecule is CCCC(C)(C)[C@@H](C(=O)C(=O)Nc1ccn[nH]1)N(C(=O)O)[C@@H](CC)c1nnc(-c2cccnc2)o1. The lowest BCUT2D eigenvalue weighted by molar-refractivity contribution is -0.141. The van der Waals surface area contributed by atoms with Crippen molar-refractivity contribution < 1.29 is 23.9 Å². The summed E-state index contributed by atoms with van der Waals surface area (Å²) in [6.45, 7) is 7.20. The monoisotopic (exact) mass is 483 g/mol. The molecular weight excluding hydrogens is 454 g/mol. The molecule has 3 aromatic heterocycles. The van der Waals surface area contributed by atoms with Gasteiger partial charge in [-0.3, -0.25) is 24.6 Å². The van der Waals surface area contributed by atoms with Gasteiger partial charge in [0.25, 0.3) is 5.91 Å². The van der Waals surface area contributed by atoms with Gasteiger partial charge in [-0.1, -0.05) is 34.1 Å². The molecule has 0 fully saturated rings. The molecule has 186 valence electrons. The van der Waals surface area contributed by atoms with Crippen molar-refractivity contribution in [3.63, 3.8) is 0 Å². The predicted molar refractivity (Wildman–Crippen MR) is 125 cm³/mol. The van der Waals surface area contributed by atoms with Gasteiger partial charge in [-0.25, -0.2) is 4.79 Å². The van der Waals surface area contributed by atoms with Crippen molar-refractivity contribution in [2.75, 3.05) is 5.32 Å². The molecule has 3 heterocycles. The van der Waals surface area contributed by atoms with Gasteiger partial charge in [0, 0.05) is 18.5 Å². The van der Waals surface area contributed by atoms with Crippen LogP contribution in [0.3, 0.4) is 0 Å². The number of H-pyrrole nitrogens is 1. The van der Waals surface area contributed by atoms with Crippen LogP contribution >= 0.6 is 0 Å². The number of hydrogen-bond donors (Lipinski definition) is 3. The Morgan fingerprint density at radius 3 is 2.54 bits per heavy atom. The first-order valence-electron chi connectivity index (χ1n) is 11.3. The van der Waals surface area contributed by atoms with Crippen LogP contribution in [0.15, 0.2) is 41.2 Å². The summed E-state index contributed by atoms with van der Waals surface area (Å²) in [7, 11) is 0. The maximum atomic E-state index is 13.5. The Labute approximate surface area is 202 Å². The predicted octanol–water partition coefficient (Wildman–Crippen LogP) is 3.69. The van der Waals surface area contributed by atoms with Crippen LogP contribution in [-0.2, 0) is 9.59 Å². The van der Waals surface area contributed by atoms with E-state index in [4.69, 9.17) is 4.42 Å². The smallest absolute Gasteiger partial charge is 0.408 e. The van der Waals surface area contributed by atoms with E-state index in [-0.39, 0.29) is 24.0 Å². The minimum absolute atomic E-state index is 0.0211. The standard InChI is InChI=1S/C23H29N7O5/c1-5-10-23(3,4)18(17(31)19(32)26-16-9-12-25-27-16)30(22(33)34)15(6-2)21-29-28-20(35-21)14-8-7-11-24-13-14/h7-9,11-13,15,18H,5-6,10H2,1-4H3,(H,33,34)(H2,25,26,27,32)/t15-,18+/m0/s1. The highest BCUT2D eigenvalue weighted by Gasteiger charge is 2.47. The molecule has 2 amide bonds. The van der Waals surface area contributed by atoms with Gasteiger partial charge in [-0.2, -0.15) is 5.10 Å². The molecule has 0 radical (unpaired) electrons. The molecule has 12 nitrogen and oxygen atoms in total. The normalized spacial score (nSPS) is 13.1. The molecule has 2 atom stereocenters. The van der Waals surface area contributed by atoms with Crippen LogP contribution in [0.2, 0.25) is 0 Å². The van der Waals surface area contributed by atoms with Gasteiger partial charge in [-0.05, 0) is 30.4 Å². The third kappa shape index (κ3) is 5.70. The molecule has 0 bridgehead atoms. The number of aromatic nitrogens is 5. The van der Waals surface area contributed by atoms with Crippen molar-refractivity contribution in [2.45, 2.75) is 59.0 Å². The maximum absolute atomic E-state index is 13.5. The van der Waals surface area contributed by atoms with Crippen molar-refractivity contribution in [3.05, 3.63) is 42.7 Å². The molecule has 12 heteroatoms. The summed E-state index contributed by atoms with van der Waals surface area (Å²) in [6.07, 6.45) is 4.58. The van der Waals surface area contributed by atoms with E-state index >= 15 is 0 Å². The summed E-state index contributed by atoms with van der Waals surface area (Å²) in [5.41, 5.74) is -0.310. The van der Waals surface area contributed by atoms with E-state index in [1.807, 2.05) is 6.92 Å². The molecule has 0 aromatic carbocycles. The van der Waals surface area contributed by atoms with E-state index in [0.29, 0.717) is 18.4 Å². The lowest BCUT2D eigenvalue weighted by Crippen LogP contribution is -2.56. The highest BCUT2D eigenvalue weighted by atomic mass is 16.4. The first-order chi connectivity index (χ1) is 16.7. The summed E-state index contributed by atoms with van der Waals surface area (Å²) < 4.78 is 5.81. The Morgan fingerprint density at radius 2 is 1.97 bits per heavy atom. The van der Waals surface area contributed by atoms with Gasteiger partial charge < -0.3 is 14.8 Å². The minimum atomic E-state index is -1.38. The van der Waals surface area contributed by atoms with Crippen LogP contribution in [0, 0.1) is 5.41 Å². The molecule has 35 heavy (non-hydrogen) atoms. The number of rotatable bonds is 11. The van der Waals surface area contributed by atoms with E-state index in [1.54, 1.807) is 45.3 Å². The number of Topliss-reactive ketones (excluding diaryl/α,β-unsaturated/α-hetero) is 1. The number of nitrogens with zero attached hydrogens (tertiary/aromatic N) is 5. The van der Waals surface area contributed by atoms with Crippen molar-refractivity contribution in [1.82, 2.24) is 30.3 Å². The number of pyridine rings is 1. The number of hydrogen-bond acceptors (Lipinski definition) is 8. The van der Waals surface area contributed by atoms with Gasteiger partial charge in [0.15, 0.2) is 0 Å². The lowest BCUT2D eigenvalue weighted by atomic mass is 9.76. The van der Waals surface area contributed by atoms with Crippen molar-refractivity contribution in [2.24, 2.45) is 5.41 Å². The Morgan fingerprint density at radius 1 is 1.20 bits per heavy atom. The van der Waals surface area contributed by atoms with Crippen molar-refractivity contribution in [1.29, 1.82) is 0 Å². The molecule has 0 saturated carbocycles. The molecule has 0 aliphatic heterocycles. The second-order valence-corrected chi connectivity index (χ2v) is 8.73. The summed E-state index contributed by atoms with van der Waals surface area (Å²) in [5.74, 6) is -1.43. The van der Waals surface area contributed by atoms with Crippen LogP contribution in [-0.4, -0.2) is 59.2 Å². The number of carboxylic acid groups (broad SMARTS) is 1. The van der Waals surface area contributed by atoms with Gasteiger partial charge in [0.1, 0.15) is 17.9 Å². The van der Waals surface area contributed by atoms with Crippen LogP contribution in [0.1, 0.15) is 58.9 Å². The molecule has 3 N–H and O–H groups in total. The summed E-state index contributed by atoms with van der Waals surface area (Å²) >= 11 is 0. The third-order valence-electron chi connectivity index (χ3n) is 5.71. The summed E-state index contributed by atoms with van der Waals surface area (Å²) in [6, 6.07) is 2.65. The van der Waals surface area contributed by atoms with E-state index in [2.05, 4.69) is 30.7 Å². The molecular formula is C23H29N7O5. The Balaban J connectivity index is 2.02. The average Bonchev–Trinajstić information content (AvgIpc) is 3.51. The fourth-order valence-electron chi connectivity index (χ4n) is 4.16. The topological polar surface area (TPSA) is 167 Å². The second kappa shape index (κ2) is 10.9. The fourth-order valence-corrected chi connectivity index (χ4v) is 4.16. The largest absolute Gasteiger partial charge is 0.465 e. The first kappa shape index (κ1) is 25.5. The zero-order valence-corrected chi connectivity index (χ0v) is 20.1. The van der Waals surface area contributed by atoms with Crippen molar-refractivity contribution >= 4 is 23.6 Å². The highest BCUT2D eigenvalue weighted by molar-refractivity contribution is 6.42. The first-order valence-corrected chi connectivity index (χ1v) is 11.3. The van der Waals surface area contributed by atoms with Crippen LogP contribution in [0.25, 0.3) is 11.5 Å². The minimum Gasteiger partial charge on any atom is -0.465 e. The number of amides is 2. The number of carbonyl (C=O) groups excluding carboxylic acids is 2. The van der Waals surface area contributed by atoms with Gasteiger partial charge >= 0.3 is 6.09 Å². The summed E-state index contributed by atoms with van der Waals surface area (Å²) in [4.78, 5) is 44.0. The van der Waals surface area contributed by atoms with Crippen LogP contribution in [0.5, 0.6) is 0 Å². The molecule has 0 saturated heterocycles. The van der Waals surface area contributed by atoms with Crippen LogP contribution < -0.4 is 5.32 Å². The molecule has 3 aromatic rings. The van der Waals surface area contributed by atoms with Gasteiger partial charge in [0.2, 0.25) is 17.6 Å². The van der Waals surface area contributed by atoms with E-state index in [0.717, 1.165) is 4.90 Å². The number of ketones is 1. The van der Waals surface area contributed by atoms with Crippen LogP contribution in [0.4, 0.5) is 10.6 Å². The fraction of sp³-hybridized carbons (Fsp3) is 0.435.